The summed E-state index contributed by atoms with van der Waals surface area (Å²) in [6.45, 7) is 11.1. The molecule has 0 spiro atoms. The Labute approximate surface area is 118 Å². The van der Waals surface area contributed by atoms with Crippen LogP contribution in [0, 0.1) is 5.41 Å². The van der Waals surface area contributed by atoms with Gasteiger partial charge in [0.1, 0.15) is 0 Å². The molecule has 1 aromatic carbocycles. The molecule has 1 heteroatoms. The monoisotopic (exact) mass is 260 g/mol. The van der Waals surface area contributed by atoms with Gasteiger partial charge in [-0.2, -0.15) is 0 Å². The summed E-state index contributed by atoms with van der Waals surface area (Å²) < 4.78 is 0. The molecule has 1 N–H and O–H groups in total. The van der Waals surface area contributed by atoms with Gasteiger partial charge in [-0.25, -0.2) is 0 Å². The Hall–Kier alpha value is -0.820. The van der Waals surface area contributed by atoms with Gasteiger partial charge in [-0.3, -0.25) is 0 Å². The minimum Gasteiger partial charge on any atom is -0.389 e. The van der Waals surface area contributed by atoms with Crippen molar-refractivity contribution in [2.24, 2.45) is 5.41 Å². The first-order chi connectivity index (χ1) is 8.64. The quantitative estimate of drug-likeness (QED) is 0.832. The number of hydrogen-bond acceptors (Lipinski definition) is 1. The zero-order chi connectivity index (χ0) is 14.3. The van der Waals surface area contributed by atoms with Gasteiger partial charge in [0.15, 0.2) is 0 Å². The predicted octanol–water partition coefficient (Wildman–Crippen LogP) is 4.47. The molecule has 1 aliphatic carbocycles. The van der Waals surface area contributed by atoms with Crippen LogP contribution in [0.1, 0.15) is 65.0 Å². The van der Waals surface area contributed by atoms with Crippen molar-refractivity contribution >= 4 is 0 Å². The summed E-state index contributed by atoms with van der Waals surface area (Å²) in [4.78, 5) is 0. The average Bonchev–Trinajstić information content (AvgIpc) is 2.52. The molecule has 0 amide bonds. The van der Waals surface area contributed by atoms with E-state index >= 15 is 0 Å². The van der Waals surface area contributed by atoms with E-state index in [-0.39, 0.29) is 10.8 Å². The van der Waals surface area contributed by atoms with Crippen LogP contribution in [0.5, 0.6) is 0 Å². The van der Waals surface area contributed by atoms with Gasteiger partial charge in [0.25, 0.3) is 0 Å². The molecule has 106 valence electrons. The molecule has 0 aromatic heterocycles. The van der Waals surface area contributed by atoms with Crippen molar-refractivity contribution in [3.63, 3.8) is 0 Å². The van der Waals surface area contributed by atoms with Crippen molar-refractivity contribution in [2.75, 3.05) is 0 Å². The van der Waals surface area contributed by atoms with E-state index < -0.39 is 5.60 Å². The Morgan fingerprint density at radius 2 is 1.63 bits per heavy atom. The van der Waals surface area contributed by atoms with E-state index in [1.807, 2.05) is 0 Å². The maximum Gasteiger partial charge on any atom is 0.0738 e. The zero-order valence-corrected chi connectivity index (χ0v) is 13.1. The molecule has 1 saturated carbocycles. The predicted molar refractivity (Wildman–Crippen MR) is 81.4 cm³/mol. The Balaban J connectivity index is 2.16. The third kappa shape index (κ3) is 2.86. The molecule has 1 unspecified atom stereocenters. The van der Waals surface area contributed by atoms with Gasteiger partial charge in [-0.1, -0.05) is 58.9 Å². The van der Waals surface area contributed by atoms with E-state index in [9.17, 15) is 5.11 Å². The summed E-state index contributed by atoms with van der Waals surface area (Å²) in [6.07, 6.45) is 3.98. The number of rotatable bonds is 2. The molecule has 1 aliphatic rings. The van der Waals surface area contributed by atoms with Crippen LogP contribution in [-0.2, 0) is 11.8 Å². The highest BCUT2D eigenvalue weighted by Gasteiger charge is 2.47. The van der Waals surface area contributed by atoms with Gasteiger partial charge in [0.2, 0.25) is 0 Å². The van der Waals surface area contributed by atoms with Gasteiger partial charge >= 0.3 is 0 Å². The number of hydrogen-bond donors (Lipinski definition) is 1. The van der Waals surface area contributed by atoms with E-state index in [0.29, 0.717) is 0 Å². The highest BCUT2D eigenvalue weighted by atomic mass is 16.3. The highest BCUT2D eigenvalue weighted by Crippen LogP contribution is 2.47. The number of benzene rings is 1. The molecular weight excluding hydrogens is 232 g/mol. The average molecular weight is 260 g/mol. The summed E-state index contributed by atoms with van der Waals surface area (Å²) in [6, 6.07) is 8.79. The molecule has 1 fully saturated rings. The van der Waals surface area contributed by atoms with Crippen LogP contribution >= 0.6 is 0 Å². The molecule has 0 bridgehead atoms. The van der Waals surface area contributed by atoms with Crippen LogP contribution in [0.2, 0.25) is 0 Å². The van der Waals surface area contributed by atoms with E-state index in [4.69, 9.17) is 0 Å². The zero-order valence-electron chi connectivity index (χ0n) is 13.1. The Morgan fingerprint density at radius 1 is 1.05 bits per heavy atom. The van der Waals surface area contributed by atoms with Gasteiger partial charge in [0.05, 0.1) is 5.60 Å². The van der Waals surface area contributed by atoms with E-state index in [0.717, 1.165) is 25.7 Å². The SMILES string of the molecule is CC(C)(C)c1ccc(CC2(O)CCCC2(C)C)cc1. The second-order valence-corrected chi connectivity index (χ2v) is 7.89. The van der Waals surface area contributed by atoms with E-state index in [1.54, 1.807) is 0 Å². The summed E-state index contributed by atoms with van der Waals surface area (Å²) in [5, 5.41) is 10.9. The highest BCUT2D eigenvalue weighted by molar-refractivity contribution is 5.29. The molecule has 19 heavy (non-hydrogen) atoms. The van der Waals surface area contributed by atoms with Crippen LogP contribution < -0.4 is 0 Å². The normalized spacial score (nSPS) is 26.6. The Kier molecular flexibility index (Phi) is 3.55. The van der Waals surface area contributed by atoms with Crippen LogP contribution in [0.4, 0.5) is 0 Å². The largest absolute Gasteiger partial charge is 0.389 e. The fourth-order valence-electron chi connectivity index (χ4n) is 3.18. The lowest BCUT2D eigenvalue weighted by Crippen LogP contribution is -2.41. The summed E-state index contributed by atoms with van der Waals surface area (Å²) in [7, 11) is 0. The molecule has 1 aromatic rings. The van der Waals surface area contributed by atoms with Crippen molar-refractivity contribution in [1.29, 1.82) is 0 Å². The molecule has 0 radical (unpaired) electrons. The molecular formula is C18H28O. The van der Waals surface area contributed by atoms with Gasteiger partial charge in [0, 0.05) is 6.42 Å². The molecule has 2 rings (SSSR count). The van der Waals surface area contributed by atoms with Crippen LogP contribution in [0.25, 0.3) is 0 Å². The lowest BCUT2D eigenvalue weighted by Gasteiger charge is -2.37. The van der Waals surface area contributed by atoms with Gasteiger partial charge in [-0.05, 0) is 41.2 Å². The van der Waals surface area contributed by atoms with Crippen LogP contribution in [0.3, 0.4) is 0 Å². The summed E-state index contributed by atoms with van der Waals surface area (Å²) >= 11 is 0. The first kappa shape index (κ1) is 14.6. The third-order valence-electron chi connectivity index (χ3n) is 4.97. The van der Waals surface area contributed by atoms with E-state index in [2.05, 4.69) is 58.9 Å². The van der Waals surface area contributed by atoms with Gasteiger partial charge < -0.3 is 5.11 Å². The fraction of sp³-hybridized carbons (Fsp3) is 0.667. The summed E-state index contributed by atoms with van der Waals surface area (Å²) in [5.74, 6) is 0. The fourth-order valence-corrected chi connectivity index (χ4v) is 3.18. The second kappa shape index (κ2) is 4.63. The minimum absolute atomic E-state index is 0.0374. The van der Waals surface area contributed by atoms with Crippen LogP contribution in [-0.4, -0.2) is 10.7 Å². The standard InChI is InChI=1S/C18H28O/c1-16(2,3)15-9-7-14(8-10-15)13-18(19)12-6-11-17(18,4)5/h7-10,19H,6,11-13H2,1-5H3. The topological polar surface area (TPSA) is 20.2 Å². The van der Waals surface area contributed by atoms with Crippen molar-refractivity contribution in [3.05, 3.63) is 35.4 Å². The maximum absolute atomic E-state index is 10.9. The molecule has 1 nitrogen and oxygen atoms in total. The molecule has 0 heterocycles. The van der Waals surface area contributed by atoms with Crippen molar-refractivity contribution in [2.45, 2.75) is 71.3 Å². The Bertz CT molecular complexity index is 436. The summed E-state index contributed by atoms with van der Waals surface area (Å²) in [5.41, 5.74) is 2.31. The lowest BCUT2D eigenvalue weighted by atomic mass is 9.74. The van der Waals surface area contributed by atoms with Crippen molar-refractivity contribution in [3.8, 4) is 0 Å². The lowest BCUT2D eigenvalue weighted by molar-refractivity contribution is -0.0419. The van der Waals surface area contributed by atoms with Crippen molar-refractivity contribution < 1.29 is 5.11 Å². The minimum atomic E-state index is -0.531. The van der Waals surface area contributed by atoms with Crippen LogP contribution in [0.15, 0.2) is 24.3 Å². The third-order valence-corrected chi connectivity index (χ3v) is 4.97. The number of aliphatic hydroxyl groups is 1. The van der Waals surface area contributed by atoms with Gasteiger partial charge in [-0.15, -0.1) is 0 Å². The maximum atomic E-state index is 10.9. The smallest absolute Gasteiger partial charge is 0.0738 e. The second-order valence-electron chi connectivity index (χ2n) is 7.89. The molecule has 0 saturated heterocycles. The first-order valence-electron chi connectivity index (χ1n) is 7.46. The van der Waals surface area contributed by atoms with Crippen molar-refractivity contribution in [1.82, 2.24) is 0 Å². The first-order valence-corrected chi connectivity index (χ1v) is 7.46. The van der Waals surface area contributed by atoms with E-state index in [1.165, 1.54) is 11.1 Å². The Morgan fingerprint density at radius 3 is 2.05 bits per heavy atom. The molecule has 0 aliphatic heterocycles. The molecule has 1 atom stereocenters.